The van der Waals surface area contributed by atoms with E-state index in [1.165, 1.54) is 11.8 Å². The second-order valence-electron chi connectivity index (χ2n) is 9.90. The highest BCUT2D eigenvalue weighted by molar-refractivity contribution is 8.03. The molecule has 38 heavy (non-hydrogen) atoms. The fourth-order valence-electron chi connectivity index (χ4n) is 4.93. The standard InChI is InChI=1S/C29H31N3O5S/c1-29(2)13-20-27(21(33)14-29)26(17-10-11-23(36-4)24(12-17)37-5)18(15-30)28(32-20)38-16-25(34)31-19-8-6-7-9-22(19)35-3/h6-12,26,32H,13-14,16H2,1-5H3,(H,31,34). The summed E-state index contributed by atoms with van der Waals surface area (Å²) in [6.07, 6.45) is 1.04. The number of carbonyl (C=O) groups excluding carboxylic acids is 2. The second kappa shape index (κ2) is 11.2. The molecule has 1 unspecified atom stereocenters. The molecule has 1 aliphatic heterocycles. The molecule has 0 saturated heterocycles. The Bertz CT molecular complexity index is 1370. The number of hydrogen-bond donors (Lipinski definition) is 2. The average Bonchev–Trinajstić information content (AvgIpc) is 2.90. The minimum Gasteiger partial charge on any atom is -0.495 e. The van der Waals surface area contributed by atoms with Gasteiger partial charge in [0.25, 0.3) is 0 Å². The number of allylic oxidation sites excluding steroid dienone is 3. The summed E-state index contributed by atoms with van der Waals surface area (Å²) in [5.41, 5.74) is 2.86. The average molecular weight is 534 g/mol. The van der Waals surface area contributed by atoms with Crippen LogP contribution >= 0.6 is 11.8 Å². The fourth-order valence-corrected chi connectivity index (χ4v) is 5.79. The summed E-state index contributed by atoms with van der Waals surface area (Å²) in [5, 5.41) is 17.1. The monoisotopic (exact) mass is 533 g/mol. The molecule has 2 aromatic rings. The molecule has 1 atom stereocenters. The topological polar surface area (TPSA) is 110 Å². The number of methoxy groups -OCH3 is 3. The van der Waals surface area contributed by atoms with Gasteiger partial charge in [-0.1, -0.05) is 43.8 Å². The highest BCUT2D eigenvalue weighted by atomic mass is 32.2. The van der Waals surface area contributed by atoms with Gasteiger partial charge in [0.2, 0.25) is 5.91 Å². The van der Waals surface area contributed by atoms with Crippen LogP contribution in [0.4, 0.5) is 5.69 Å². The van der Waals surface area contributed by atoms with Gasteiger partial charge >= 0.3 is 0 Å². The van der Waals surface area contributed by atoms with Crippen LogP contribution in [0.1, 0.15) is 38.2 Å². The van der Waals surface area contributed by atoms with Crippen molar-refractivity contribution in [3.8, 4) is 23.3 Å². The Hall–Kier alpha value is -3.90. The van der Waals surface area contributed by atoms with E-state index >= 15 is 0 Å². The number of nitrogens with zero attached hydrogens (tertiary/aromatic N) is 1. The Morgan fingerprint density at radius 3 is 2.47 bits per heavy atom. The maximum Gasteiger partial charge on any atom is 0.234 e. The van der Waals surface area contributed by atoms with Crippen LogP contribution in [-0.2, 0) is 9.59 Å². The number of benzene rings is 2. The highest BCUT2D eigenvalue weighted by Gasteiger charge is 2.42. The number of carbonyl (C=O) groups is 2. The number of dihydropyridines is 1. The van der Waals surface area contributed by atoms with Gasteiger partial charge in [-0.25, -0.2) is 0 Å². The first kappa shape index (κ1) is 27.1. The molecule has 0 bridgehead atoms. The van der Waals surface area contributed by atoms with Gasteiger partial charge in [0.15, 0.2) is 17.3 Å². The van der Waals surface area contributed by atoms with Crippen molar-refractivity contribution in [3.05, 3.63) is 69.9 Å². The van der Waals surface area contributed by atoms with E-state index in [0.717, 1.165) is 11.3 Å². The van der Waals surface area contributed by atoms with E-state index in [1.54, 1.807) is 45.6 Å². The molecule has 1 amide bonds. The third-order valence-electron chi connectivity index (χ3n) is 6.60. The third-order valence-corrected chi connectivity index (χ3v) is 7.61. The molecule has 2 N–H and O–H groups in total. The van der Waals surface area contributed by atoms with Gasteiger partial charge in [0, 0.05) is 17.7 Å². The SMILES string of the molecule is COc1ccccc1NC(=O)CSC1=C(C#N)C(c2ccc(OC)c(OC)c2)C2=C(CC(C)(C)CC2=O)N1. The zero-order valence-electron chi connectivity index (χ0n) is 22.1. The van der Waals surface area contributed by atoms with E-state index in [1.807, 2.05) is 18.2 Å². The number of ketones is 1. The lowest BCUT2D eigenvalue weighted by atomic mass is 9.69. The number of hydrogen-bond acceptors (Lipinski definition) is 8. The van der Waals surface area contributed by atoms with Crippen LogP contribution in [0.25, 0.3) is 0 Å². The molecule has 4 rings (SSSR count). The molecule has 2 aromatic carbocycles. The number of nitriles is 1. The summed E-state index contributed by atoms with van der Waals surface area (Å²) in [6, 6.07) is 14.9. The number of para-hydroxylation sites is 2. The van der Waals surface area contributed by atoms with Crippen molar-refractivity contribution >= 4 is 29.1 Å². The number of thioether (sulfide) groups is 1. The second-order valence-corrected chi connectivity index (χ2v) is 10.9. The third kappa shape index (κ3) is 5.50. The summed E-state index contributed by atoms with van der Waals surface area (Å²) < 4.78 is 16.2. The van der Waals surface area contributed by atoms with Gasteiger partial charge in [-0.15, -0.1) is 0 Å². The lowest BCUT2D eigenvalue weighted by molar-refractivity contribution is -0.118. The Balaban J connectivity index is 1.70. The van der Waals surface area contributed by atoms with Crippen molar-refractivity contribution in [3.63, 3.8) is 0 Å². The lowest BCUT2D eigenvalue weighted by Gasteiger charge is -2.39. The van der Waals surface area contributed by atoms with E-state index in [2.05, 4.69) is 30.6 Å². The zero-order valence-corrected chi connectivity index (χ0v) is 23.0. The quantitative estimate of drug-likeness (QED) is 0.480. The minimum atomic E-state index is -0.584. The van der Waals surface area contributed by atoms with Crippen LogP contribution in [-0.4, -0.2) is 38.8 Å². The Morgan fingerprint density at radius 1 is 1.08 bits per heavy atom. The van der Waals surface area contributed by atoms with Crippen molar-refractivity contribution in [1.29, 1.82) is 5.26 Å². The summed E-state index contributed by atoms with van der Waals surface area (Å²) in [7, 11) is 4.65. The molecule has 2 aliphatic rings. The van der Waals surface area contributed by atoms with Crippen molar-refractivity contribution in [2.24, 2.45) is 5.41 Å². The summed E-state index contributed by atoms with van der Waals surface area (Å²) in [4.78, 5) is 26.3. The van der Waals surface area contributed by atoms with Gasteiger partial charge in [-0.05, 0) is 41.7 Å². The number of rotatable bonds is 8. The van der Waals surface area contributed by atoms with E-state index in [0.29, 0.717) is 52.0 Å². The maximum absolute atomic E-state index is 13.4. The number of amides is 1. The largest absolute Gasteiger partial charge is 0.495 e. The Labute approximate surface area is 227 Å². The normalized spacial score (nSPS) is 18.2. The first-order valence-corrected chi connectivity index (χ1v) is 13.1. The Morgan fingerprint density at radius 2 is 1.79 bits per heavy atom. The molecule has 198 valence electrons. The molecular weight excluding hydrogens is 502 g/mol. The first-order chi connectivity index (χ1) is 18.2. The van der Waals surface area contributed by atoms with Crippen LogP contribution in [0.2, 0.25) is 0 Å². The maximum atomic E-state index is 13.4. The van der Waals surface area contributed by atoms with Crippen molar-refractivity contribution in [2.75, 3.05) is 32.4 Å². The van der Waals surface area contributed by atoms with Gasteiger partial charge in [0.05, 0.1) is 55.4 Å². The minimum absolute atomic E-state index is 0.00857. The van der Waals surface area contributed by atoms with Gasteiger partial charge in [-0.2, -0.15) is 5.26 Å². The van der Waals surface area contributed by atoms with Crippen molar-refractivity contribution < 1.29 is 23.8 Å². The van der Waals surface area contributed by atoms with Crippen LogP contribution in [0.15, 0.2) is 64.3 Å². The summed E-state index contributed by atoms with van der Waals surface area (Å²) >= 11 is 1.24. The number of Topliss-reactive ketones (excluding diaryl/α,β-unsaturated/α-hetero) is 1. The van der Waals surface area contributed by atoms with Gasteiger partial charge in [0.1, 0.15) is 5.75 Å². The van der Waals surface area contributed by atoms with Crippen LogP contribution in [0.5, 0.6) is 17.2 Å². The molecule has 0 fully saturated rings. The number of ether oxygens (including phenoxy) is 3. The summed E-state index contributed by atoms with van der Waals surface area (Å²) in [6.45, 7) is 4.11. The molecule has 0 spiro atoms. The predicted octanol–water partition coefficient (Wildman–Crippen LogP) is 5.15. The smallest absolute Gasteiger partial charge is 0.234 e. The molecule has 1 heterocycles. The van der Waals surface area contributed by atoms with Crippen LogP contribution in [0.3, 0.4) is 0 Å². The molecule has 9 heteroatoms. The van der Waals surface area contributed by atoms with E-state index < -0.39 is 5.92 Å². The summed E-state index contributed by atoms with van der Waals surface area (Å²) in [5.74, 6) is 0.870. The molecule has 0 aromatic heterocycles. The highest BCUT2D eigenvalue weighted by Crippen LogP contribution is 2.48. The molecular formula is C29H31N3O5S. The number of anilines is 1. The van der Waals surface area contributed by atoms with Crippen molar-refractivity contribution in [1.82, 2.24) is 5.32 Å². The first-order valence-electron chi connectivity index (χ1n) is 12.2. The van der Waals surface area contributed by atoms with E-state index in [4.69, 9.17) is 14.2 Å². The van der Waals surface area contributed by atoms with Crippen LogP contribution < -0.4 is 24.8 Å². The van der Waals surface area contributed by atoms with Crippen molar-refractivity contribution in [2.45, 2.75) is 32.6 Å². The number of nitrogens with one attached hydrogen (secondary N) is 2. The Kier molecular flexibility index (Phi) is 8.02. The fraction of sp³-hybridized carbons (Fsp3) is 0.345. The molecule has 0 saturated carbocycles. The van der Waals surface area contributed by atoms with Gasteiger partial charge in [-0.3, -0.25) is 9.59 Å². The lowest BCUT2D eigenvalue weighted by Crippen LogP contribution is -2.37. The zero-order chi connectivity index (χ0) is 27.4. The molecule has 0 radical (unpaired) electrons. The van der Waals surface area contributed by atoms with Crippen LogP contribution in [0, 0.1) is 16.7 Å². The van der Waals surface area contributed by atoms with Gasteiger partial charge < -0.3 is 24.8 Å². The van der Waals surface area contributed by atoms with E-state index in [-0.39, 0.29) is 22.9 Å². The predicted molar refractivity (Wildman–Crippen MR) is 147 cm³/mol. The molecule has 8 nitrogen and oxygen atoms in total. The van der Waals surface area contributed by atoms with E-state index in [9.17, 15) is 14.9 Å². The molecule has 1 aliphatic carbocycles.